The molecule has 134 valence electrons. The molecule has 2 fully saturated rings. The standard InChI is InChI=1S/C15H19N5O3S2/c1-25(22,23)15-13(18-19-24-15)10-4-6-20(7-5-10)14(21)12-8-11(16-17-12)9-2-3-9/h8-10H,2-7H2,1H3,(H,16,17). The Hall–Kier alpha value is -1.81. The molecule has 1 aliphatic carbocycles. The maximum Gasteiger partial charge on any atom is 0.274 e. The van der Waals surface area contributed by atoms with E-state index in [4.69, 9.17) is 0 Å². The molecule has 0 unspecified atom stereocenters. The molecule has 10 heteroatoms. The van der Waals surface area contributed by atoms with Crippen LogP contribution in [0.5, 0.6) is 0 Å². The number of rotatable bonds is 4. The third-order valence-corrected chi connectivity index (χ3v) is 7.37. The summed E-state index contributed by atoms with van der Waals surface area (Å²) < 4.78 is 27.7. The zero-order valence-corrected chi connectivity index (χ0v) is 15.4. The first-order chi connectivity index (χ1) is 11.9. The van der Waals surface area contributed by atoms with E-state index >= 15 is 0 Å². The van der Waals surface area contributed by atoms with E-state index in [1.54, 1.807) is 4.90 Å². The Labute approximate surface area is 149 Å². The molecule has 0 radical (unpaired) electrons. The third-order valence-electron chi connectivity index (χ3n) is 4.82. The van der Waals surface area contributed by atoms with Crippen LogP contribution < -0.4 is 0 Å². The normalized spacial score (nSPS) is 19.3. The summed E-state index contributed by atoms with van der Waals surface area (Å²) in [6.45, 7) is 1.13. The summed E-state index contributed by atoms with van der Waals surface area (Å²) in [7, 11) is -3.31. The molecule has 0 bridgehead atoms. The van der Waals surface area contributed by atoms with Gasteiger partial charge in [-0.1, -0.05) is 4.49 Å². The lowest BCUT2D eigenvalue weighted by Gasteiger charge is -2.30. The Bertz CT molecular complexity index is 892. The lowest BCUT2D eigenvalue weighted by Crippen LogP contribution is -2.38. The number of aromatic nitrogens is 4. The predicted octanol–water partition coefficient (Wildman–Crippen LogP) is 1.56. The number of carbonyl (C=O) groups excluding carboxylic acids is 1. The zero-order valence-electron chi connectivity index (χ0n) is 13.8. The van der Waals surface area contributed by atoms with Gasteiger partial charge < -0.3 is 4.90 Å². The first kappa shape index (κ1) is 16.6. The molecule has 1 amide bonds. The number of aromatic amines is 1. The van der Waals surface area contributed by atoms with Crippen LogP contribution in [0.4, 0.5) is 0 Å². The van der Waals surface area contributed by atoms with E-state index in [9.17, 15) is 13.2 Å². The Balaban J connectivity index is 1.42. The number of piperidine rings is 1. The highest BCUT2D eigenvalue weighted by Gasteiger charge is 2.32. The predicted molar refractivity (Wildman–Crippen MR) is 91.5 cm³/mol. The van der Waals surface area contributed by atoms with Gasteiger partial charge in [-0.05, 0) is 31.7 Å². The van der Waals surface area contributed by atoms with Crippen LogP contribution in [0.15, 0.2) is 10.3 Å². The molecule has 1 saturated carbocycles. The topological polar surface area (TPSA) is 109 Å². The fourth-order valence-corrected chi connectivity index (χ4v) is 5.00. The molecule has 1 saturated heterocycles. The van der Waals surface area contributed by atoms with Gasteiger partial charge in [-0.2, -0.15) is 5.10 Å². The van der Waals surface area contributed by atoms with Gasteiger partial charge in [-0.3, -0.25) is 9.89 Å². The molecule has 1 N–H and O–H groups in total. The van der Waals surface area contributed by atoms with E-state index in [1.165, 1.54) is 6.26 Å². The fraction of sp³-hybridized carbons (Fsp3) is 0.600. The van der Waals surface area contributed by atoms with Gasteiger partial charge in [0.05, 0.1) is 5.69 Å². The quantitative estimate of drug-likeness (QED) is 0.861. The summed E-state index contributed by atoms with van der Waals surface area (Å²) >= 11 is 0.922. The summed E-state index contributed by atoms with van der Waals surface area (Å²) in [5.74, 6) is 0.487. The van der Waals surface area contributed by atoms with E-state index in [1.807, 2.05) is 6.07 Å². The minimum Gasteiger partial charge on any atom is -0.337 e. The SMILES string of the molecule is CS(=O)(=O)c1snnc1C1CCN(C(=O)c2cc(C3CC3)[nH]n2)CC1. The summed E-state index contributed by atoms with van der Waals surface area (Å²) in [5, 5.41) is 11.1. The molecule has 0 spiro atoms. The third kappa shape index (κ3) is 3.32. The van der Waals surface area contributed by atoms with E-state index in [-0.39, 0.29) is 16.0 Å². The molecule has 25 heavy (non-hydrogen) atoms. The molecule has 4 rings (SSSR count). The van der Waals surface area contributed by atoms with E-state index in [0.717, 1.165) is 30.1 Å². The van der Waals surface area contributed by atoms with Crippen molar-refractivity contribution in [1.29, 1.82) is 0 Å². The number of likely N-dealkylation sites (tertiary alicyclic amines) is 1. The van der Waals surface area contributed by atoms with Crippen molar-refractivity contribution in [2.75, 3.05) is 19.3 Å². The average molecular weight is 381 g/mol. The number of hydrogen-bond acceptors (Lipinski definition) is 7. The maximum absolute atomic E-state index is 12.6. The Morgan fingerprint density at radius 2 is 1.96 bits per heavy atom. The number of H-pyrrole nitrogens is 1. The van der Waals surface area contributed by atoms with Crippen molar-refractivity contribution in [3.8, 4) is 0 Å². The number of amides is 1. The molecule has 8 nitrogen and oxygen atoms in total. The summed E-state index contributed by atoms with van der Waals surface area (Å²) in [4.78, 5) is 14.4. The number of nitrogens with zero attached hydrogens (tertiary/aromatic N) is 4. The van der Waals surface area contributed by atoms with Gasteiger partial charge in [0.25, 0.3) is 5.91 Å². The van der Waals surface area contributed by atoms with Crippen LogP contribution in [-0.4, -0.2) is 58.4 Å². The van der Waals surface area contributed by atoms with Gasteiger partial charge in [0.1, 0.15) is 5.69 Å². The van der Waals surface area contributed by atoms with Crippen molar-refractivity contribution in [3.63, 3.8) is 0 Å². The van der Waals surface area contributed by atoms with Gasteiger partial charge in [-0.25, -0.2) is 8.42 Å². The minimum atomic E-state index is -3.31. The van der Waals surface area contributed by atoms with Gasteiger partial charge in [-0.15, -0.1) is 5.10 Å². The van der Waals surface area contributed by atoms with Crippen LogP contribution in [0, 0.1) is 0 Å². The van der Waals surface area contributed by atoms with Crippen molar-refractivity contribution in [2.24, 2.45) is 0 Å². The lowest BCUT2D eigenvalue weighted by molar-refractivity contribution is 0.0705. The lowest BCUT2D eigenvalue weighted by atomic mass is 9.94. The highest BCUT2D eigenvalue weighted by molar-refractivity contribution is 7.92. The van der Waals surface area contributed by atoms with Crippen LogP contribution in [0.3, 0.4) is 0 Å². The smallest absolute Gasteiger partial charge is 0.274 e. The maximum atomic E-state index is 12.6. The van der Waals surface area contributed by atoms with Crippen molar-refractivity contribution in [2.45, 2.75) is 41.7 Å². The van der Waals surface area contributed by atoms with Crippen LogP contribution in [0.1, 0.15) is 59.4 Å². The largest absolute Gasteiger partial charge is 0.337 e. The van der Waals surface area contributed by atoms with Crippen molar-refractivity contribution < 1.29 is 13.2 Å². The highest BCUT2D eigenvalue weighted by atomic mass is 32.2. The minimum absolute atomic E-state index is 0.0220. The number of carbonyl (C=O) groups is 1. The van der Waals surface area contributed by atoms with Crippen molar-refractivity contribution >= 4 is 27.3 Å². The second kappa shape index (κ2) is 6.17. The van der Waals surface area contributed by atoms with Crippen LogP contribution in [0.25, 0.3) is 0 Å². The average Bonchev–Trinajstić information content (AvgIpc) is 3.12. The van der Waals surface area contributed by atoms with Crippen molar-refractivity contribution in [3.05, 3.63) is 23.1 Å². The summed E-state index contributed by atoms with van der Waals surface area (Å²) in [6.07, 6.45) is 4.86. The Kier molecular flexibility index (Phi) is 4.11. The van der Waals surface area contributed by atoms with E-state index < -0.39 is 9.84 Å². The molecule has 0 atom stereocenters. The van der Waals surface area contributed by atoms with Gasteiger partial charge in [0.15, 0.2) is 14.0 Å². The molecular weight excluding hydrogens is 362 g/mol. The first-order valence-corrected chi connectivity index (χ1v) is 11.0. The first-order valence-electron chi connectivity index (χ1n) is 8.30. The zero-order chi connectivity index (χ0) is 17.6. The Morgan fingerprint density at radius 1 is 1.24 bits per heavy atom. The van der Waals surface area contributed by atoms with Gasteiger partial charge in [0.2, 0.25) is 0 Å². The molecule has 0 aromatic carbocycles. The summed E-state index contributed by atoms with van der Waals surface area (Å²) in [5.41, 5.74) is 2.06. The van der Waals surface area contributed by atoms with Crippen LogP contribution in [-0.2, 0) is 9.84 Å². The highest BCUT2D eigenvalue weighted by Crippen LogP contribution is 2.39. The second-order valence-corrected chi connectivity index (χ2v) is 9.73. The molecule has 1 aliphatic heterocycles. The number of sulfone groups is 1. The molecule has 2 aromatic rings. The number of nitrogens with one attached hydrogen (secondary N) is 1. The van der Waals surface area contributed by atoms with Gasteiger partial charge in [0, 0.05) is 48.4 Å². The van der Waals surface area contributed by atoms with Crippen molar-refractivity contribution in [1.82, 2.24) is 24.7 Å². The molecule has 2 aliphatic rings. The fourth-order valence-electron chi connectivity index (χ4n) is 3.26. The van der Waals surface area contributed by atoms with Gasteiger partial charge >= 0.3 is 0 Å². The monoisotopic (exact) mass is 381 g/mol. The van der Waals surface area contributed by atoms with Crippen LogP contribution >= 0.6 is 11.5 Å². The van der Waals surface area contributed by atoms with Crippen LogP contribution in [0.2, 0.25) is 0 Å². The van der Waals surface area contributed by atoms with E-state index in [2.05, 4.69) is 19.8 Å². The Morgan fingerprint density at radius 3 is 2.60 bits per heavy atom. The molecule has 3 heterocycles. The number of hydrogen-bond donors (Lipinski definition) is 1. The van der Waals surface area contributed by atoms with E-state index in [0.29, 0.717) is 43.2 Å². The molecule has 2 aromatic heterocycles. The summed E-state index contributed by atoms with van der Waals surface area (Å²) in [6, 6.07) is 1.86. The molecular formula is C15H19N5O3S2. The second-order valence-electron chi connectivity index (χ2n) is 6.77.